The number of nitrogens with zero attached hydrogens (tertiary/aromatic N) is 1. The summed E-state index contributed by atoms with van der Waals surface area (Å²) in [7, 11) is 6.03. The number of carbonyl (C=O) groups excluding carboxylic acids is 2. The van der Waals surface area contributed by atoms with Crippen molar-refractivity contribution in [2.24, 2.45) is 5.73 Å². The molecule has 0 spiro atoms. The fraction of sp³-hybridized carbons (Fsp3) is 0.405. The zero-order chi connectivity index (χ0) is 38.0. The van der Waals surface area contributed by atoms with Crippen molar-refractivity contribution in [1.29, 1.82) is 5.41 Å². The summed E-state index contributed by atoms with van der Waals surface area (Å²) in [5.74, 6) is 0.351. The molecule has 0 saturated carbocycles. The van der Waals surface area contributed by atoms with E-state index in [1.165, 1.54) is 7.11 Å². The summed E-state index contributed by atoms with van der Waals surface area (Å²) in [5.41, 5.74) is 10.3. The van der Waals surface area contributed by atoms with Crippen LogP contribution in [0.3, 0.4) is 0 Å². The Hall–Kier alpha value is -5.10. The van der Waals surface area contributed by atoms with Crippen LogP contribution in [-0.4, -0.2) is 116 Å². The molecule has 1 aromatic heterocycles. The van der Waals surface area contributed by atoms with Gasteiger partial charge in [-0.2, -0.15) is 0 Å². The van der Waals surface area contributed by atoms with Crippen LogP contribution in [0.25, 0.3) is 33.5 Å². The molecule has 0 fully saturated rings. The fourth-order valence-corrected chi connectivity index (χ4v) is 5.09. The smallest absolute Gasteiger partial charge is 0.309 e. The maximum atomic E-state index is 12.9. The second-order valence-electron chi connectivity index (χ2n) is 11.5. The Balaban J connectivity index is 1.86. The third-order valence-corrected chi connectivity index (χ3v) is 7.72. The van der Waals surface area contributed by atoms with Crippen molar-refractivity contribution >= 4 is 28.7 Å². The fourth-order valence-electron chi connectivity index (χ4n) is 5.09. The molecular weight excluding hydrogens is 690 g/mol. The molecule has 1 heterocycles. The predicted molar refractivity (Wildman–Crippen MR) is 195 cm³/mol. The molecule has 0 unspecified atom stereocenters. The van der Waals surface area contributed by atoms with Gasteiger partial charge in [-0.25, -0.2) is 4.98 Å². The van der Waals surface area contributed by atoms with Crippen molar-refractivity contribution < 1.29 is 52.2 Å². The Morgan fingerprint density at radius 1 is 0.755 bits per heavy atom. The normalized spacial score (nSPS) is 11.1. The van der Waals surface area contributed by atoms with E-state index in [4.69, 9.17) is 58.8 Å². The standard InChI is InChI=1S/C37H47N5O11/c1-45-9-12-49-21-40-33(43)18-24-5-8-32(52-22-50-13-10-46-2)27(15-24)28-16-25(19-34(44)48-4)17-29(35(28)53-23-51-14-11-47-3)37-41-30-7-6-26(36(38)39)20-31(30)42-37/h5-8,15-17,20H,9-14,18-19,21-23H2,1-4H3,(H3,38,39)(H,40,43)(H,41,42). The van der Waals surface area contributed by atoms with E-state index in [-0.39, 0.29) is 51.5 Å². The van der Waals surface area contributed by atoms with E-state index in [1.54, 1.807) is 63.8 Å². The Kier molecular flexibility index (Phi) is 16.4. The van der Waals surface area contributed by atoms with Crippen LogP contribution in [-0.2, 0) is 55.6 Å². The van der Waals surface area contributed by atoms with E-state index < -0.39 is 5.97 Å². The summed E-state index contributed by atoms with van der Waals surface area (Å²) >= 11 is 0. The second kappa shape index (κ2) is 21.4. The Bertz CT molecular complexity index is 1810. The van der Waals surface area contributed by atoms with Crippen molar-refractivity contribution in [3.05, 3.63) is 65.2 Å². The zero-order valence-electron chi connectivity index (χ0n) is 30.4. The molecule has 5 N–H and O–H groups in total. The molecule has 0 aliphatic carbocycles. The first-order chi connectivity index (χ1) is 25.8. The predicted octanol–water partition coefficient (Wildman–Crippen LogP) is 3.17. The molecule has 53 heavy (non-hydrogen) atoms. The van der Waals surface area contributed by atoms with Gasteiger partial charge < -0.3 is 58.7 Å². The molecule has 16 heteroatoms. The first-order valence-electron chi connectivity index (χ1n) is 16.7. The molecule has 0 saturated heterocycles. The first kappa shape index (κ1) is 40.7. The number of nitrogen functional groups attached to an aromatic ring is 1. The van der Waals surface area contributed by atoms with E-state index in [1.807, 2.05) is 6.07 Å². The van der Waals surface area contributed by atoms with E-state index in [9.17, 15) is 9.59 Å². The van der Waals surface area contributed by atoms with Crippen LogP contribution in [0, 0.1) is 5.41 Å². The minimum absolute atomic E-state index is 0.0261. The molecule has 4 rings (SSSR count). The van der Waals surface area contributed by atoms with Gasteiger partial charge in [-0.05, 0) is 53.6 Å². The van der Waals surface area contributed by atoms with E-state index in [0.717, 1.165) is 0 Å². The summed E-state index contributed by atoms with van der Waals surface area (Å²) < 4.78 is 49.4. The number of aromatic amines is 1. The highest BCUT2D eigenvalue weighted by Crippen LogP contribution is 2.44. The SMILES string of the molecule is COCCOCNC(=O)Cc1ccc(OCOCCOC)c(-c2cc(CC(=O)OC)cc(-c3nc4cc(C(=N)N)ccc4[nH]3)c2OCOCCOC)c1. The maximum Gasteiger partial charge on any atom is 0.309 e. The maximum absolute atomic E-state index is 12.9. The number of nitrogens with two attached hydrogens (primary N) is 1. The van der Waals surface area contributed by atoms with E-state index >= 15 is 0 Å². The summed E-state index contributed by atoms with van der Waals surface area (Å²) in [6.45, 7) is 1.83. The summed E-state index contributed by atoms with van der Waals surface area (Å²) in [4.78, 5) is 33.7. The van der Waals surface area contributed by atoms with Crippen LogP contribution in [0.4, 0.5) is 0 Å². The van der Waals surface area contributed by atoms with Gasteiger partial charge >= 0.3 is 5.97 Å². The summed E-state index contributed by atoms with van der Waals surface area (Å²) in [6.07, 6.45) is -0.0460. The number of amidine groups is 1. The number of fused-ring (bicyclic) bond motifs is 1. The van der Waals surface area contributed by atoms with Gasteiger partial charge in [0.1, 0.15) is 29.9 Å². The number of hydrogen-bond donors (Lipinski definition) is 4. The number of esters is 1. The summed E-state index contributed by atoms with van der Waals surface area (Å²) in [6, 6.07) is 14.1. The first-order valence-corrected chi connectivity index (χ1v) is 16.7. The van der Waals surface area contributed by atoms with Crippen molar-refractivity contribution in [3.63, 3.8) is 0 Å². The Labute approximate surface area is 307 Å². The number of amides is 1. The van der Waals surface area contributed by atoms with Crippen molar-refractivity contribution in [1.82, 2.24) is 15.3 Å². The van der Waals surface area contributed by atoms with Gasteiger partial charge in [0.25, 0.3) is 0 Å². The molecule has 286 valence electrons. The molecule has 0 atom stereocenters. The highest BCUT2D eigenvalue weighted by atomic mass is 16.7. The quantitative estimate of drug-likeness (QED) is 0.0268. The van der Waals surface area contributed by atoms with Crippen LogP contribution in [0.5, 0.6) is 11.5 Å². The summed E-state index contributed by atoms with van der Waals surface area (Å²) in [5, 5.41) is 10.6. The Morgan fingerprint density at radius 2 is 1.42 bits per heavy atom. The number of methoxy groups -OCH3 is 4. The van der Waals surface area contributed by atoms with Gasteiger partial charge in [-0.3, -0.25) is 15.0 Å². The number of carbonyl (C=O) groups is 2. The number of nitrogens with one attached hydrogen (secondary N) is 3. The number of rotatable bonds is 24. The number of imidazole rings is 1. The number of aromatic nitrogens is 2. The number of benzene rings is 3. The van der Waals surface area contributed by atoms with E-state index in [0.29, 0.717) is 94.8 Å². The van der Waals surface area contributed by atoms with Crippen LogP contribution in [0.2, 0.25) is 0 Å². The average Bonchev–Trinajstić information content (AvgIpc) is 3.58. The molecule has 16 nitrogen and oxygen atoms in total. The van der Waals surface area contributed by atoms with Crippen LogP contribution in [0.1, 0.15) is 16.7 Å². The van der Waals surface area contributed by atoms with Crippen LogP contribution < -0.4 is 20.5 Å². The molecule has 0 aliphatic heterocycles. The highest BCUT2D eigenvalue weighted by Gasteiger charge is 2.23. The molecular formula is C37H47N5O11. The molecule has 0 radical (unpaired) electrons. The van der Waals surface area contributed by atoms with Gasteiger partial charge in [0, 0.05) is 38.0 Å². The van der Waals surface area contributed by atoms with Gasteiger partial charge in [-0.1, -0.05) is 6.07 Å². The minimum atomic E-state index is -0.463. The van der Waals surface area contributed by atoms with Crippen LogP contribution in [0.15, 0.2) is 48.5 Å². The lowest BCUT2D eigenvalue weighted by molar-refractivity contribution is -0.139. The van der Waals surface area contributed by atoms with Crippen LogP contribution >= 0.6 is 0 Å². The molecule has 4 aromatic rings. The van der Waals surface area contributed by atoms with Crippen molar-refractivity contribution in [2.45, 2.75) is 12.8 Å². The van der Waals surface area contributed by atoms with E-state index in [2.05, 4.69) is 10.3 Å². The van der Waals surface area contributed by atoms with Crippen molar-refractivity contribution in [2.75, 3.05) is 88.4 Å². The largest absolute Gasteiger partial charge is 0.469 e. The van der Waals surface area contributed by atoms with Gasteiger partial charge in [-0.15, -0.1) is 0 Å². The molecule has 0 aliphatic rings. The second-order valence-corrected chi connectivity index (χ2v) is 11.5. The van der Waals surface area contributed by atoms with Gasteiger partial charge in [0.2, 0.25) is 5.91 Å². The lowest BCUT2D eigenvalue weighted by atomic mass is 9.94. The van der Waals surface area contributed by atoms with Gasteiger partial charge in [0.05, 0.1) is 76.2 Å². The lowest BCUT2D eigenvalue weighted by Crippen LogP contribution is -2.28. The minimum Gasteiger partial charge on any atom is -0.469 e. The number of H-pyrrole nitrogens is 1. The average molecular weight is 738 g/mol. The lowest BCUT2D eigenvalue weighted by Gasteiger charge is -2.20. The monoisotopic (exact) mass is 737 g/mol. The zero-order valence-corrected chi connectivity index (χ0v) is 30.4. The third kappa shape index (κ3) is 12.2. The Morgan fingerprint density at radius 3 is 2.09 bits per heavy atom. The van der Waals surface area contributed by atoms with Gasteiger partial charge in [0.15, 0.2) is 13.6 Å². The number of hydrogen-bond acceptors (Lipinski definition) is 13. The topological polar surface area (TPSA) is 208 Å². The molecule has 1 amide bonds. The third-order valence-electron chi connectivity index (χ3n) is 7.72. The highest BCUT2D eigenvalue weighted by molar-refractivity contribution is 5.98. The molecule has 3 aromatic carbocycles. The van der Waals surface area contributed by atoms with Crippen molar-refractivity contribution in [3.8, 4) is 34.0 Å². The number of ether oxygens (including phenoxy) is 9. The molecule has 0 bridgehead atoms.